The van der Waals surface area contributed by atoms with Gasteiger partial charge in [-0.05, 0) is 74.5 Å². The molecule has 0 fully saturated rings. The summed E-state index contributed by atoms with van der Waals surface area (Å²) in [5.74, 6) is 0. The molecule has 0 bridgehead atoms. The minimum Gasteiger partial charge on any atom is -0.354 e. The van der Waals surface area contributed by atoms with Crippen molar-refractivity contribution < 1.29 is 0 Å². The van der Waals surface area contributed by atoms with Crippen molar-refractivity contribution in [1.82, 2.24) is 4.98 Å². The third kappa shape index (κ3) is 3.19. The Morgan fingerprint density at radius 3 is 2.54 bits per heavy atom. The fourth-order valence-electron chi connectivity index (χ4n) is 3.19. The Kier molecular flexibility index (Phi) is 5.19. The van der Waals surface area contributed by atoms with Crippen molar-refractivity contribution in [3.05, 3.63) is 57.1 Å². The lowest BCUT2D eigenvalue weighted by atomic mass is 9.98. The van der Waals surface area contributed by atoms with Crippen LogP contribution in [-0.4, -0.2) is 11.5 Å². The number of rotatable bonds is 5. The predicted molar refractivity (Wildman–Crippen MR) is 105 cm³/mol. The summed E-state index contributed by atoms with van der Waals surface area (Å²) >= 11 is 12.5. The summed E-state index contributed by atoms with van der Waals surface area (Å²) in [4.78, 5) is 3.62. The number of unbranched alkanes of at least 4 members (excludes halogenated alkanes) is 1. The number of halogens is 2. The second-order valence-electron chi connectivity index (χ2n) is 6.28. The molecule has 0 aliphatic heterocycles. The van der Waals surface area contributed by atoms with Crippen LogP contribution in [-0.2, 0) is 6.42 Å². The number of aryl methyl sites for hydroxylation is 3. The molecular weight excluding hydrogens is 339 g/mol. The van der Waals surface area contributed by atoms with Gasteiger partial charge in [0.2, 0.25) is 0 Å². The van der Waals surface area contributed by atoms with Gasteiger partial charge in [-0.25, -0.2) is 0 Å². The molecule has 3 aromatic rings. The van der Waals surface area contributed by atoms with E-state index in [4.69, 9.17) is 28.9 Å². The minimum atomic E-state index is 0.650. The summed E-state index contributed by atoms with van der Waals surface area (Å²) < 4.78 is 0. The first kappa shape index (κ1) is 17.3. The molecule has 2 aromatic carbocycles. The molecule has 0 radical (unpaired) electrons. The lowest BCUT2D eigenvalue weighted by molar-refractivity contribution is 0.748. The van der Waals surface area contributed by atoms with Crippen LogP contribution in [0, 0.1) is 13.8 Å². The molecule has 0 unspecified atom stereocenters. The highest BCUT2D eigenvalue weighted by molar-refractivity contribution is 6.36. The van der Waals surface area contributed by atoms with Crippen molar-refractivity contribution in [1.29, 1.82) is 0 Å². The molecule has 2 nitrogen and oxygen atoms in total. The van der Waals surface area contributed by atoms with Crippen LogP contribution >= 0.6 is 23.2 Å². The van der Waals surface area contributed by atoms with Gasteiger partial charge in [0.05, 0.1) is 10.7 Å². The highest BCUT2D eigenvalue weighted by atomic mass is 35.5. The van der Waals surface area contributed by atoms with Crippen LogP contribution < -0.4 is 5.73 Å². The van der Waals surface area contributed by atoms with E-state index in [1.54, 1.807) is 6.07 Å². The van der Waals surface area contributed by atoms with Crippen LogP contribution in [0.2, 0.25) is 10.0 Å². The molecule has 0 amide bonds. The monoisotopic (exact) mass is 360 g/mol. The van der Waals surface area contributed by atoms with Gasteiger partial charge in [-0.3, -0.25) is 0 Å². The van der Waals surface area contributed by atoms with Gasteiger partial charge in [-0.15, -0.1) is 0 Å². The summed E-state index contributed by atoms with van der Waals surface area (Å²) in [7, 11) is 0. The molecule has 4 heteroatoms. The van der Waals surface area contributed by atoms with E-state index in [9.17, 15) is 0 Å². The third-order valence-electron chi connectivity index (χ3n) is 4.69. The SMILES string of the molecule is Cc1ccc2c(CCCCN)c(-c3ccc(Cl)cc3Cl)[nH]c2c1C. The summed E-state index contributed by atoms with van der Waals surface area (Å²) in [6.45, 7) is 5.02. The Morgan fingerprint density at radius 1 is 1.04 bits per heavy atom. The van der Waals surface area contributed by atoms with E-state index in [1.165, 1.54) is 27.6 Å². The molecule has 3 rings (SSSR count). The highest BCUT2D eigenvalue weighted by Crippen LogP contribution is 2.37. The standard InChI is InChI=1S/C20H22Cl2N2/c1-12-6-8-16-15(5-3-4-10-23)20(24-19(16)13(12)2)17-9-7-14(21)11-18(17)22/h6-9,11,24H,3-5,10,23H2,1-2H3. The summed E-state index contributed by atoms with van der Waals surface area (Å²) in [6.07, 6.45) is 3.06. The second kappa shape index (κ2) is 7.18. The number of fused-ring (bicyclic) bond motifs is 1. The maximum atomic E-state index is 6.47. The molecule has 126 valence electrons. The molecule has 0 aliphatic carbocycles. The fourth-order valence-corrected chi connectivity index (χ4v) is 3.69. The van der Waals surface area contributed by atoms with Gasteiger partial charge >= 0.3 is 0 Å². The normalized spacial score (nSPS) is 11.4. The van der Waals surface area contributed by atoms with Crippen LogP contribution in [0.4, 0.5) is 0 Å². The lowest BCUT2D eigenvalue weighted by Gasteiger charge is -2.07. The molecule has 3 N–H and O–H groups in total. The van der Waals surface area contributed by atoms with Crippen LogP contribution in [0.5, 0.6) is 0 Å². The summed E-state index contributed by atoms with van der Waals surface area (Å²) in [5.41, 5.74) is 12.8. The van der Waals surface area contributed by atoms with Gasteiger partial charge in [0.15, 0.2) is 0 Å². The lowest BCUT2D eigenvalue weighted by Crippen LogP contribution is -1.99. The predicted octanol–water partition coefficient (Wildman–Crippen LogP) is 6.04. The van der Waals surface area contributed by atoms with Crippen molar-refractivity contribution >= 4 is 34.1 Å². The molecule has 0 spiro atoms. The number of aromatic amines is 1. The van der Waals surface area contributed by atoms with Crippen molar-refractivity contribution in [2.24, 2.45) is 5.73 Å². The molecule has 1 aromatic heterocycles. The Balaban J connectivity index is 2.21. The Labute approximate surface area is 153 Å². The van der Waals surface area contributed by atoms with E-state index >= 15 is 0 Å². The maximum Gasteiger partial charge on any atom is 0.0514 e. The largest absolute Gasteiger partial charge is 0.354 e. The first-order valence-corrected chi connectivity index (χ1v) is 9.04. The van der Waals surface area contributed by atoms with Crippen LogP contribution in [0.1, 0.15) is 29.5 Å². The molecule has 24 heavy (non-hydrogen) atoms. The smallest absolute Gasteiger partial charge is 0.0514 e. The number of aromatic nitrogens is 1. The van der Waals surface area contributed by atoms with E-state index in [0.29, 0.717) is 10.0 Å². The van der Waals surface area contributed by atoms with E-state index in [-0.39, 0.29) is 0 Å². The topological polar surface area (TPSA) is 41.8 Å². The summed E-state index contributed by atoms with van der Waals surface area (Å²) in [6, 6.07) is 10.1. The third-order valence-corrected chi connectivity index (χ3v) is 5.24. The number of benzene rings is 2. The maximum absolute atomic E-state index is 6.47. The average molecular weight is 361 g/mol. The number of hydrogen-bond acceptors (Lipinski definition) is 1. The second-order valence-corrected chi connectivity index (χ2v) is 7.12. The number of H-pyrrole nitrogens is 1. The van der Waals surface area contributed by atoms with Crippen molar-refractivity contribution in [3.63, 3.8) is 0 Å². The zero-order chi connectivity index (χ0) is 17.3. The average Bonchev–Trinajstić information content (AvgIpc) is 2.91. The summed E-state index contributed by atoms with van der Waals surface area (Å²) in [5, 5.41) is 2.59. The zero-order valence-corrected chi connectivity index (χ0v) is 15.6. The Hall–Kier alpha value is -1.48. The van der Waals surface area contributed by atoms with Gasteiger partial charge in [-0.1, -0.05) is 35.3 Å². The Morgan fingerprint density at radius 2 is 1.83 bits per heavy atom. The van der Waals surface area contributed by atoms with Crippen LogP contribution in [0.25, 0.3) is 22.2 Å². The molecular formula is C20H22Cl2N2. The first-order valence-electron chi connectivity index (χ1n) is 8.29. The Bertz CT molecular complexity index is 881. The van der Waals surface area contributed by atoms with Crippen molar-refractivity contribution in [3.8, 4) is 11.3 Å². The van der Waals surface area contributed by atoms with Crippen molar-refractivity contribution in [2.45, 2.75) is 33.1 Å². The zero-order valence-electron chi connectivity index (χ0n) is 14.0. The molecule has 0 saturated carbocycles. The van der Waals surface area contributed by atoms with E-state index in [2.05, 4.69) is 31.0 Å². The molecule has 0 saturated heterocycles. The van der Waals surface area contributed by atoms with E-state index in [0.717, 1.165) is 37.1 Å². The number of nitrogens with two attached hydrogens (primary N) is 1. The number of nitrogens with one attached hydrogen (secondary N) is 1. The highest BCUT2D eigenvalue weighted by Gasteiger charge is 2.17. The van der Waals surface area contributed by atoms with Gasteiger partial charge in [0.1, 0.15) is 0 Å². The van der Waals surface area contributed by atoms with Gasteiger partial charge in [-0.2, -0.15) is 0 Å². The molecule has 1 heterocycles. The first-order chi connectivity index (χ1) is 11.5. The van der Waals surface area contributed by atoms with Gasteiger partial charge < -0.3 is 10.7 Å². The van der Waals surface area contributed by atoms with Gasteiger partial charge in [0.25, 0.3) is 0 Å². The molecule has 0 aliphatic rings. The van der Waals surface area contributed by atoms with E-state index in [1.807, 2.05) is 12.1 Å². The molecule has 0 atom stereocenters. The van der Waals surface area contributed by atoms with Crippen LogP contribution in [0.3, 0.4) is 0 Å². The van der Waals surface area contributed by atoms with Crippen LogP contribution in [0.15, 0.2) is 30.3 Å². The quantitative estimate of drug-likeness (QED) is 0.535. The van der Waals surface area contributed by atoms with E-state index < -0.39 is 0 Å². The van der Waals surface area contributed by atoms with Gasteiger partial charge in [0, 0.05) is 21.5 Å². The fraction of sp³-hybridized carbons (Fsp3) is 0.300. The van der Waals surface area contributed by atoms with Crippen molar-refractivity contribution in [2.75, 3.05) is 6.54 Å². The minimum absolute atomic E-state index is 0.650. The number of hydrogen-bond donors (Lipinski definition) is 2.